The highest BCUT2D eigenvalue weighted by atomic mass is 16.6. The monoisotopic (exact) mass is 455 g/mol. The minimum absolute atomic E-state index is 0.0300. The van der Waals surface area contributed by atoms with E-state index in [1.165, 1.54) is 0 Å². The lowest BCUT2D eigenvalue weighted by molar-refractivity contribution is -0.108. The number of benzene rings is 1. The molecule has 4 rings (SSSR count). The molecule has 180 valence electrons. The number of hydrogen-bond donors (Lipinski definition) is 0. The van der Waals surface area contributed by atoms with Crippen LogP contribution in [0.15, 0.2) is 43.0 Å². The van der Waals surface area contributed by atoms with Gasteiger partial charge in [-0.15, -0.1) is 6.58 Å². The molecule has 1 saturated heterocycles. The summed E-state index contributed by atoms with van der Waals surface area (Å²) in [5.74, 6) is -0.113. The molecule has 1 aromatic rings. The van der Waals surface area contributed by atoms with Gasteiger partial charge in [-0.1, -0.05) is 45.0 Å². The van der Waals surface area contributed by atoms with Gasteiger partial charge in [-0.25, -0.2) is 9.59 Å². The lowest BCUT2D eigenvalue weighted by Crippen LogP contribution is -2.55. The average Bonchev–Trinajstić information content (AvgIpc) is 3.28. The molecule has 0 radical (unpaired) electrons. The van der Waals surface area contributed by atoms with Crippen LogP contribution in [0.2, 0.25) is 0 Å². The van der Waals surface area contributed by atoms with Crippen LogP contribution in [0, 0.1) is 16.7 Å². The second kappa shape index (κ2) is 8.15. The molecule has 3 fully saturated rings. The Morgan fingerprint density at radius 3 is 2.52 bits per heavy atom. The topological polar surface area (TPSA) is 65.1 Å². The maximum absolute atomic E-state index is 13.6. The van der Waals surface area contributed by atoms with Crippen molar-refractivity contribution in [1.29, 1.82) is 0 Å². The maximum atomic E-state index is 13.6. The van der Waals surface area contributed by atoms with Crippen molar-refractivity contribution in [2.45, 2.75) is 90.9 Å². The number of hydrogen-bond acceptors (Lipinski definition) is 5. The zero-order valence-corrected chi connectivity index (χ0v) is 20.7. The van der Waals surface area contributed by atoms with Crippen LogP contribution in [0.1, 0.15) is 71.2 Å². The first kappa shape index (κ1) is 23.8. The molecule has 33 heavy (non-hydrogen) atoms. The SMILES string of the molecule is C=CC[C@H](OC(=O)c1ccccc1)[C@@H]1O[C@@H]2[C@H]3CC[C@@](C)([C@@H]2N1C(=O)OC(C)(C)C)C3(C)C. The lowest BCUT2D eigenvalue weighted by Gasteiger charge is -2.44. The Kier molecular flexibility index (Phi) is 5.88. The van der Waals surface area contributed by atoms with E-state index in [0.717, 1.165) is 12.8 Å². The van der Waals surface area contributed by atoms with E-state index in [1.54, 1.807) is 35.2 Å². The fourth-order valence-corrected chi connectivity index (χ4v) is 6.23. The highest BCUT2D eigenvalue weighted by molar-refractivity contribution is 5.89. The summed E-state index contributed by atoms with van der Waals surface area (Å²) in [5, 5.41) is 0. The molecule has 6 nitrogen and oxygen atoms in total. The summed E-state index contributed by atoms with van der Waals surface area (Å²) in [7, 11) is 0. The second-order valence-electron chi connectivity index (χ2n) is 11.4. The van der Waals surface area contributed by atoms with Gasteiger partial charge in [-0.3, -0.25) is 4.90 Å². The number of carbonyl (C=O) groups is 2. The molecule has 2 bridgehead atoms. The van der Waals surface area contributed by atoms with Crippen LogP contribution in [0.25, 0.3) is 0 Å². The van der Waals surface area contributed by atoms with Crippen LogP contribution in [-0.4, -0.2) is 47.0 Å². The van der Waals surface area contributed by atoms with Crippen molar-refractivity contribution in [1.82, 2.24) is 4.90 Å². The number of fused-ring (bicyclic) bond motifs is 5. The Balaban J connectivity index is 1.68. The first-order valence-corrected chi connectivity index (χ1v) is 11.9. The van der Waals surface area contributed by atoms with E-state index < -0.39 is 30.0 Å². The average molecular weight is 456 g/mol. The summed E-state index contributed by atoms with van der Waals surface area (Å²) in [4.78, 5) is 28.2. The summed E-state index contributed by atoms with van der Waals surface area (Å²) < 4.78 is 18.4. The summed E-state index contributed by atoms with van der Waals surface area (Å²) in [5.41, 5.74) is -0.275. The molecular formula is C27H37NO5. The van der Waals surface area contributed by atoms with Gasteiger partial charge in [0.1, 0.15) is 5.60 Å². The molecule has 6 atom stereocenters. The normalized spacial score (nSPS) is 32.8. The third kappa shape index (κ3) is 3.86. The Morgan fingerprint density at radius 1 is 1.24 bits per heavy atom. The lowest BCUT2D eigenvalue weighted by atomic mass is 9.69. The van der Waals surface area contributed by atoms with Crippen molar-refractivity contribution in [2.75, 3.05) is 0 Å². The van der Waals surface area contributed by atoms with Gasteiger partial charge in [-0.05, 0) is 62.5 Å². The molecule has 0 spiro atoms. The number of esters is 1. The van der Waals surface area contributed by atoms with Crippen molar-refractivity contribution in [3.63, 3.8) is 0 Å². The van der Waals surface area contributed by atoms with E-state index in [2.05, 4.69) is 27.4 Å². The Hall–Kier alpha value is -2.34. The summed E-state index contributed by atoms with van der Waals surface area (Å²) in [6.45, 7) is 16.3. The third-order valence-corrected chi connectivity index (χ3v) is 8.19. The summed E-state index contributed by atoms with van der Waals surface area (Å²) >= 11 is 0. The van der Waals surface area contributed by atoms with Gasteiger partial charge in [-0.2, -0.15) is 0 Å². The van der Waals surface area contributed by atoms with Crippen LogP contribution in [-0.2, 0) is 14.2 Å². The Labute approximate surface area is 197 Å². The number of nitrogens with zero attached hydrogens (tertiary/aromatic N) is 1. The molecule has 1 heterocycles. The van der Waals surface area contributed by atoms with Gasteiger partial charge in [0.2, 0.25) is 0 Å². The van der Waals surface area contributed by atoms with Gasteiger partial charge >= 0.3 is 12.1 Å². The highest BCUT2D eigenvalue weighted by Crippen LogP contribution is 2.69. The zero-order valence-electron chi connectivity index (χ0n) is 20.7. The zero-order chi connectivity index (χ0) is 24.2. The molecule has 1 aromatic carbocycles. The number of rotatable bonds is 5. The highest BCUT2D eigenvalue weighted by Gasteiger charge is 2.73. The van der Waals surface area contributed by atoms with Crippen molar-refractivity contribution in [3.8, 4) is 0 Å². The largest absolute Gasteiger partial charge is 0.454 e. The fourth-order valence-electron chi connectivity index (χ4n) is 6.23. The molecule has 1 aliphatic heterocycles. The summed E-state index contributed by atoms with van der Waals surface area (Å²) in [6.07, 6.45) is 2.22. The van der Waals surface area contributed by atoms with Crippen molar-refractivity contribution >= 4 is 12.1 Å². The van der Waals surface area contributed by atoms with E-state index in [9.17, 15) is 9.59 Å². The van der Waals surface area contributed by atoms with Gasteiger partial charge in [0, 0.05) is 6.42 Å². The fraction of sp³-hybridized carbons (Fsp3) is 0.630. The molecule has 3 aliphatic rings. The van der Waals surface area contributed by atoms with Crippen LogP contribution < -0.4 is 0 Å². The summed E-state index contributed by atoms with van der Waals surface area (Å²) in [6, 6.07) is 8.74. The first-order chi connectivity index (χ1) is 15.4. The molecule has 2 saturated carbocycles. The molecule has 1 amide bonds. The Morgan fingerprint density at radius 2 is 1.91 bits per heavy atom. The molecule has 2 aliphatic carbocycles. The standard InChI is InChI=1S/C27H37NO5/c1-8-12-19(31-23(29)17-13-10-9-11-14-17)22-28(24(30)33-25(2,3)4)21-20(32-22)18-15-16-27(21,7)26(18,5)6/h8-11,13-14,18-22H,1,12,15-16H2,2-7H3/t18-,19+,20-,21-,22+,27+/m1/s1. The molecular weight excluding hydrogens is 418 g/mol. The van der Waals surface area contributed by atoms with E-state index in [-0.39, 0.29) is 23.0 Å². The van der Waals surface area contributed by atoms with Crippen LogP contribution >= 0.6 is 0 Å². The predicted octanol–water partition coefficient (Wildman–Crippen LogP) is 5.57. The third-order valence-electron chi connectivity index (χ3n) is 8.19. The van der Waals surface area contributed by atoms with Crippen LogP contribution in [0.3, 0.4) is 0 Å². The molecule has 0 aromatic heterocycles. The van der Waals surface area contributed by atoms with Crippen molar-refractivity contribution in [2.24, 2.45) is 16.7 Å². The van der Waals surface area contributed by atoms with Gasteiger partial charge in [0.15, 0.2) is 12.3 Å². The molecule has 6 heteroatoms. The van der Waals surface area contributed by atoms with E-state index >= 15 is 0 Å². The molecule has 0 unspecified atom stereocenters. The minimum atomic E-state index is -0.725. The number of ether oxygens (including phenoxy) is 3. The number of carbonyl (C=O) groups excluding carboxylic acids is 2. The Bertz CT molecular complexity index is 920. The van der Waals surface area contributed by atoms with E-state index in [4.69, 9.17) is 14.2 Å². The quantitative estimate of drug-likeness (QED) is 0.429. The van der Waals surface area contributed by atoms with Gasteiger partial charge in [0.05, 0.1) is 17.7 Å². The first-order valence-electron chi connectivity index (χ1n) is 11.9. The van der Waals surface area contributed by atoms with Crippen LogP contribution in [0.4, 0.5) is 4.79 Å². The van der Waals surface area contributed by atoms with Gasteiger partial charge in [0.25, 0.3) is 0 Å². The second-order valence-corrected chi connectivity index (χ2v) is 11.4. The smallest absolute Gasteiger partial charge is 0.412 e. The minimum Gasteiger partial charge on any atom is -0.454 e. The molecule has 0 N–H and O–H groups in total. The maximum Gasteiger partial charge on any atom is 0.412 e. The predicted molar refractivity (Wildman–Crippen MR) is 126 cm³/mol. The van der Waals surface area contributed by atoms with Crippen molar-refractivity contribution < 1.29 is 23.8 Å². The number of amides is 1. The van der Waals surface area contributed by atoms with E-state index in [1.807, 2.05) is 26.8 Å². The van der Waals surface area contributed by atoms with Gasteiger partial charge < -0.3 is 14.2 Å². The van der Waals surface area contributed by atoms with E-state index in [0.29, 0.717) is 17.9 Å². The van der Waals surface area contributed by atoms with Crippen LogP contribution in [0.5, 0.6) is 0 Å². The van der Waals surface area contributed by atoms with Crippen molar-refractivity contribution in [3.05, 3.63) is 48.6 Å².